The Morgan fingerprint density at radius 1 is 1.20 bits per heavy atom. The number of halogens is 1. The van der Waals surface area contributed by atoms with Crippen LogP contribution < -0.4 is 10.6 Å². The number of nitrogens with zero attached hydrogens (tertiary/aromatic N) is 2. The second-order valence-corrected chi connectivity index (χ2v) is 7.28. The third-order valence-corrected chi connectivity index (χ3v) is 5.28. The Morgan fingerprint density at radius 3 is 2.48 bits per heavy atom. The van der Waals surface area contributed by atoms with Gasteiger partial charge >= 0.3 is 6.03 Å². The van der Waals surface area contributed by atoms with Crippen molar-refractivity contribution in [2.45, 2.75) is 38.8 Å². The average molecular weight is 365 g/mol. The number of urea groups is 1. The minimum Gasteiger partial charge on any atom is -0.352 e. The highest BCUT2D eigenvalue weighted by Gasteiger charge is 2.30. The molecule has 7 heteroatoms. The van der Waals surface area contributed by atoms with E-state index in [0.29, 0.717) is 42.9 Å². The zero-order valence-electron chi connectivity index (χ0n) is 14.7. The van der Waals surface area contributed by atoms with Crippen molar-refractivity contribution in [1.82, 2.24) is 15.1 Å². The number of aryl methyl sites for hydroxylation is 1. The van der Waals surface area contributed by atoms with Gasteiger partial charge in [-0.25, -0.2) is 4.79 Å². The molecule has 1 aliphatic heterocycles. The normalized spacial score (nSPS) is 19.4. The predicted octanol–water partition coefficient (Wildman–Crippen LogP) is 2.47. The van der Waals surface area contributed by atoms with Crippen molar-refractivity contribution >= 4 is 29.2 Å². The standard InChI is InChI=1S/C18H25ClN4O2/c1-12-3-4-15(11-16(12)19)21-18(25)23-9-7-22(8-10-23)13(2)17(24)20-14-5-6-14/h3-4,11,13-14H,5-10H2,1-2H3,(H,20,24)(H,21,25). The monoisotopic (exact) mass is 364 g/mol. The Kier molecular flexibility index (Phi) is 5.49. The van der Waals surface area contributed by atoms with E-state index in [0.717, 1.165) is 18.4 Å². The molecule has 136 valence electrons. The Labute approximate surface area is 153 Å². The van der Waals surface area contributed by atoms with Crippen molar-refractivity contribution in [1.29, 1.82) is 0 Å². The Hall–Kier alpha value is -1.79. The van der Waals surface area contributed by atoms with Crippen LogP contribution in [0.2, 0.25) is 5.02 Å². The SMILES string of the molecule is Cc1ccc(NC(=O)N2CCN(C(C)C(=O)NC3CC3)CC2)cc1Cl. The number of amides is 3. The van der Waals surface area contributed by atoms with E-state index in [9.17, 15) is 9.59 Å². The number of carbonyl (C=O) groups is 2. The quantitative estimate of drug-likeness (QED) is 0.862. The number of hydrogen-bond donors (Lipinski definition) is 2. The highest BCUT2D eigenvalue weighted by Crippen LogP contribution is 2.21. The molecule has 3 rings (SSSR count). The zero-order chi connectivity index (χ0) is 18.0. The number of benzene rings is 1. The van der Waals surface area contributed by atoms with Gasteiger partial charge in [-0.2, -0.15) is 0 Å². The summed E-state index contributed by atoms with van der Waals surface area (Å²) in [6.07, 6.45) is 2.19. The van der Waals surface area contributed by atoms with Crippen LogP contribution in [-0.2, 0) is 4.79 Å². The van der Waals surface area contributed by atoms with E-state index >= 15 is 0 Å². The Bertz CT molecular complexity index is 654. The van der Waals surface area contributed by atoms with Crippen LogP contribution in [0.25, 0.3) is 0 Å². The first-order chi connectivity index (χ1) is 11.9. The van der Waals surface area contributed by atoms with Crippen molar-refractivity contribution in [3.8, 4) is 0 Å². The molecule has 0 radical (unpaired) electrons. The summed E-state index contributed by atoms with van der Waals surface area (Å²) in [6, 6.07) is 5.59. The highest BCUT2D eigenvalue weighted by molar-refractivity contribution is 6.31. The van der Waals surface area contributed by atoms with Crippen LogP contribution in [0, 0.1) is 6.92 Å². The van der Waals surface area contributed by atoms with Crippen LogP contribution in [0.4, 0.5) is 10.5 Å². The minimum atomic E-state index is -0.151. The van der Waals surface area contributed by atoms with Gasteiger partial charge in [0.05, 0.1) is 6.04 Å². The van der Waals surface area contributed by atoms with Crippen LogP contribution >= 0.6 is 11.6 Å². The molecule has 1 aromatic rings. The van der Waals surface area contributed by atoms with Crippen LogP contribution in [0.5, 0.6) is 0 Å². The summed E-state index contributed by atoms with van der Waals surface area (Å²) in [5.41, 5.74) is 1.67. The summed E-state index contributed by atoms with van der Waals surface area (Å²) in [5, 5.41) is 6.56. The average Bonchev–Trinajstić information content (AvgIpc) is 3.41. The molecule has 1 saturated heterocycles. The fourth-order valence-corrected chi connectivity index (χ4v) is 3.08. The number of anilines is 1. The van der Waals surface area contributed by atoms with E-state index in [4.69, 9.17) is 11.6 Å². The third kappa shape index (κ3) is 4.64. The Morgan fingerprint density at radius 2 is 1.88 bits per heavy atom. The van der Waals surface area contributed by atoms with Gasteiger partial charge in [-0.05, 0) is 44.4 Å². The first kappa shape index (κ1) is 18.0. The lowest BCUT2D eigenvalue weighted by molar-refractivity contribution is -0.126. The minimum absolute atomic E-state index is 0.0923. The topological polar surface area (TPSA) is 64.7 Å². The molecule has 1 aromatic carbocycles. The summed E-state index contributed by atoms with van der Waals surface area (Å²) in [7, 11) is 0. The first-order valence-corrected chi connectivity index (χ1v) is 9.18. The molecule has 2 aliphatic rings. The lowest BCUT2D eigenvalue weighted by Crippen LogP contribution is -2.55. The van der Waals surface area contributed by atoms with Gasteiger partial charge in [-0.3, -0.25) is 9.69 Å². The van der Waals surface area contributed by atoms with E-state index in [1.807, 2.05) is 26.0 Å². The van der Waals surface area contributed by atoms with E-state index in [1.165, 1.54) is 0 Å². The molecule has 6 nitrogen and oxygen atoms in total. The van der Waals surface area contributed by atoms with Crippen LogP contribution in [0.1, 0.15) is 25.3 Å². The molecule has 1 heterocycles. The highest BCUT2D eigenvalue weighted by atomic mass is 35.5. The van der Waals surface area contributed by atoms with Gasteiger partial charge in [0.1, 0.15) is 0 Å². The fourth-order valence-electron chi connectivity index (χ4n) is 2.90. The van der Waals surface area contributed by atoms with Crippen molar-refractivity contribution in [2.24, 2.45) is 0 Å². The summed E-state index contributed by atoms with van der Waals surface area (Å²) >= 11 is 6.10. The summed E-state index contributed by atoms with van der Waals surface area (Å²) in [4.78, 5) is 28.5. The number of carbonyl (C=O) groups excluding carboxylic acids is 2. The summed E-state index contributed by atoms with van der Waals surface area (Å²) < 4.78 is 0. The van der Waals surface area contributed by atoms with Gasteiger partial charge in [-0.1, -0.05) is 17.7 Å². The van der Waals surface area contributed by atoms with Gasteiger partial charge < -0.3 is 15.5 Å². The van der Waals surface area contributed by atoms with Crippen LogP contribution in [-0.4, -0.2) is 60.0 Å². The van der Waals surface area contributed by atoms with Gasteiger partial charge in [0.2, 0.25) is 5.91 Å². The van der Waals surface area contributed by atoms with Gasteiger partial charge in [0, 0.05) is 42.9 Å². The molecule has 1 saturated carbocycles. The number of hydrogen-bond acceptors (Lipinski definition) is 3. The lowest BCUT2D eigenvalue weighted by atomic mass is 10.2. The maximum Gasteiger partial charge on any atom is 0.321 e. The maximum atomic E-state index is 12.4. The molecular formula is C18H25ClN4O2. The van der Waals surface area contributed by atoms with Gasteiger partial charge in [0.15, 0.2) is 0 Å². The van der Waals surface area contributed by atoms with Gasteiger partial charge in [-0.15, -0.1) is 0 Å². The molecule has 3 amide bonds. The molecule has 0 bridgehead atoms. The largest absolute Gasteiger partial charge is 0.352 e. The predicted molar refractivity (Wildman–Crippen MR) is 99.0 cm³/mol. The third-order valence-electron chi connectivity index (χ3n) is 4.88. The maximum absolute atomic E-state index is 12.4. The smallest absolute Gasteiger partial charge is 0.321 e. The molecule has 1 unspecified atom stereocenters. The first-order valence-electron chi connectivity index (χ1n) is 8.80. The second-order valence-electron chi connectivity index (χ2n) is 6.88. The second kappa shape index (κ2) is 7.62. The van der Waals surface area contributed by atoms with Crippen molar-refractivity contribution < 1.29 is 9.59 Å². The number of nitrogens with one attached hydrogen (secondary N) is 2. The molecule has 2 fully saturated rings. The summed E-state index contributed by atoms with van der Waals surface area (Å²) in [6.45, 7) is 6.46. The van der Waals surface area contributed by atoms with Crippen LogP contribution in [0.15, 0.2) is 18.2 Å². The van der Waals surface area contributed by atoms with Crippen molar-refractivity contribution in [2.75, 3.05) is 31.5 Å². The van der Waals surface area contributed by atoms with E-state index < -0.39 is 0 Å². The molecule has 0 spiro atoms. The molecule has 25 heavy (non-hydrogen) atoms. The zero-order valence-corrected chi connectivity index (χ0v) is 15.5. The van der Waals surface area contributed by atoms with E-state index in [2.05, 4.69) is 15.5 Å². The Balaban J connectivity index is 1.48. The molecule has 1 aliphatic carbocycles. The van der Waals surface area contributed by atoms with Crippen molar-refractivity contribution in [3.05, 3.63) is 28.8 Å². The molecular weight excluding hydrogens is 340 g/mol. The van der Waals surface area contributed by atoms with E-state index in [1.54, 1.807) is 11.0 Å². The van der Waals surface area contributed by atoms with Gasteiger partial charge in [0.25, 0.3) is 0 Å². The van der Waals surface area contributed by atoms with Crippen LogP contribution in [0.3, 0.4) is 0 Å². The molecule has 2 N–H and O–H groups in total. The fraction of sp³-hybridized carbons (Fsp3) is 0.556. The molecule has 0 aromatic heterocycles. The van der Waals surface area contributed by atoms with Crippen molar-refractivity contribution in [3.63, 3.8) is 0 Å². The number of rotatable bonds is 4. The summed E-state index contributed by atoms with van der Waals surface area (Å²) in [5.74, 6) is 0.0923. The van der Waals surface area contributed by atoms with E-state index in [-0.39, 0.29) is 18.0 Å². The molecule has 1 atom stereocenters. The number of piperazine rings is 1. The lowest BCUT2D eigenvalue weighted by Gasteiger charge is -2.37.